The molecule has 1 fully saturated rings. The van der Waals surface area contributed by atoms with E-state index in [9.17, 15) is 29.1 Å². The molecule has 15 nitrogen and oxygen atoms in total. The summed E-state index contributed by atoms with van der Waals surface area (Å²) < 4.78 is 1.25. The van der Waals surface area contributed by atoms with E-state index in [0.29, 0.717) is 5.57 Å². The number of aryl methyl sites for hydroxylation is 1. The maximum Gasteiger partial charge on any atom is 0.352 e. The molecule has 1 saturated heterocycles. The first-order chi connectivity index (χ1) is 17.1. The SMILES string of the molecule is CO/N=C(\C(=O)N[C@@H]1C(=O)N2C(C(=O)O)=C(CSc3nc(=O)c(=O)[nH]n3C)CS[C@H]12)c1csc(N)n1.Cl. The number of carboxylic acids is 1. The number of thiazole rings is 1. The molecular weight excluding hydrogens is 572 g/mol. The second-order valence-electron chi connectivity index (χ2n) is 7.30. The lowest BCUT2D eigenvalue weighted by molar-refractivity contribution is -0.150. The number of carbonyl (C=O) groups excluding carboxylic acids is 2. The molecule has 37 heavy (non-hydrogen) atoms. The number of halogens is 1. The van der Waals surface area contributed by atoms with Crippen LogP contribution in [-0.2, 0) is 26.3 Å². The molecule has 2 aromatic rings. The molecule has 0 unspecified atom stereocenters. The fourth-order valence-electron chi connectivity index (χ4n) is 3.44. The second-order valence-corrected chi connectivity index (χ2v) is 10.2. The third-order valence-corrected chi connectivity index (χ3v) is 8.15. The number of carboxylic acid groups (broad SMARTS) is 1. The molecule has 198 valence electrons. The second kappa shape index (κ2) is 11.4. The number of carbonyl (C=O) groups is 3. The van der Waals surface area contributed by atoms with Crippen LogP contribution < -0.4 is 22.2 Å². The van der Waals surface area contributed by atoms with Gasteiger partial charge < -0.3 is 21.0 Å². The highest BCUT2D eigenvalue weighted by Crippen LogP contribution is 2.41. The summed E-state index contributed by atoms with van der Waals surface area (Å²) in [6, 6.07) is -0.995. The average molecular weight is 591 g/mol. The maximum absolute atomic E-state index is 12.9. The third kappa shape index (κ3) is 5.50. The van der Waals surface area contributed by atoms with Crippen LogP contribution in [-0.4, -0.2) is 83.3 Å². The van der Waals surface area contributed by atoms with Gasteiger partial charge in [-0.25, -0.2) is 9.78 Å². The van der Waals surface area contributed by atoms with Crippen molar-refractivity contribution in [3.63, 3.8) is 0 Å². The molecule has 0 aliphatic carbocycles. The van der Waals surface area contributed by atoms with Crippen LogP contribution in [0.3, 0.4) is 0 Å². The van der Waals surface area contributed by atoms with Gasteiger partial charge in [0.15, 0.2) is 16.0 Å². The number of hydrogen-bond acceptors (Lipinski definition) is 13. The number of nitrogen functional groups attached to an aromatic ring is 1. The number of anilines is 1. The van der Waals surface area contributed by atoms with E-state index in [2.05, 4.69) is 25.5 Å². The number of nitrogens with one attached hydrogen (secondary N) is 2. The molecule has 0 radical (unpaired) electrons. The van der Waals surface area contributed by atoms with E-state index in [1.165, 1.54) is 36.0 Å². The largest absolute Gasteiger partial charge is 0.477 e. The lowest BCUT2D eigenvalue weighted by Gasteiger charge is -2.49. The molecule has 19 heteroatoms. The van der Waals surface area contributed by atoms with Crippen molar-refractivity contribution < 1.29 is 24.3 Å². The summed E-state index contributed by atoms with van der Waals surface area (Å²) in [6.07, 6.45) is 0. The van der Waals surface area contributed by atoms with Crippen molar-refractivity contribution in [2.75, 3.05) is 24.3 Å². The molecule has 2 amide bonds. The van der Waals surface area contributed by atoms with Crippen molar-refractivity contribution in [1.29, 1.82) is 0 Å². The fourth-order valence-corrected chi connectivity index (χ4v) is 6.39. The number of hydrogen-bond donors (Lipinski definition) is 4. The lowest BCUT2D eigenvalue weighted by Crippen LogP contribution is -2.71. The van der Waals surface area contributed by atoms with Gasteiger partial charge in [-0.1, -0.05) is 16.9 Å². The van der Waals surface area contributed by atoms with Gasteiger partial charge in [-0.15, -0.1) is 35.5 Å². The van der Waals surface area contributed by atoms with Gasteiger partial charge in [0.25, 0.3) is 11.8 Å². The molecule has 4 rings (SSSR count). The van der Waals surface area contributed by atoms with Gasteiger partial charge in [-0.3, -0.25) is 33.9 Å². The Hall–Kier alpha value is -3.35. The van der Waals surface area contributed by atoms with Crippen LogP contribution in [0.4, 0.5) is 5.13 Å². The van der Waals surface area contributed by atoms with Crippen molar-refractivity contribution in [2.24, 2.45) is 12.2 Å². The molecule has 0 aromatic carbocycles. The fraction of sp³-hybridized carbons (Fsp3) is 0.333. The maximum atomic E-state index is 12.9. The molecule has 0 bridgehead atoms. The average Bonchev–Trinajstić information content (AvgIpc) is 3.27. The minimum atomic E-state index is -1.31. The van der Waals surface area contributed by atoms with E-state index in [1.54, 1.807) is 0 Å². The van der Waals surface area contributed by atoms with Crippen LogP contribution in [0, 0.1) is 0 Å². The highest BCUT2D eigenvalue weighted by molar-refractivity contribution is 8.01. The summed E-state index contributed by atoms with van der Waals surface area (Å²) in [7, 11) is 2.74. The van der Waals surface area contributed by atoms with Crippen LogP contribution in [0.5, 0.6) is 0 Å². The van der Waals surface area contributed by atoms with Crippen LogP contribution in [0.2, 0.25) is 0 Å². The predicted molar refractivity (Wildman–Crippen MR) is 138 cm³/mol. The summed E-state index contributed by atoms with van der Waals surface area (Å²) in [4.78, 5) is 74.3. The number of fused-ring (bicyclic) bond motifs is 1. The van der Waals surface area contributed by atoms with Crippen molar-refractivity contribution in [1.82, 2.24) is 30.0 Å². The Morgan fingerprint density at radius 1 is 1.38 bits per heavy atom. The molecule has 2 aliphatic heterocycles. The summed E-state index contributed by atoms with van der Waals surface area (Å²) in [5.74, 6) is -2.30. The highest BCUT2D eigenvalue weighted by atomic mass is 35.5. The number of nitrogens with zero attached hydrogens (tertiary/aromatic N) is 5. The number of thioether (sulfide) groups is 2. The zero-order valence-corrected chi connectivity index (χ0v) is 22.3. The monoisotopic (exact) mass is 590 g/mol. The number of amides is 2. The molecule has 2 atom stereocenters. The van der Waals surface area contributed by atoms with Crippen molar-refractivity contribution >= 4 is 75.9 Å². The minimum Gasteiger partial charge on any atom is -0.477 e. The molecule has 4 heterocycles. The van der Waals surface area contributed by atoms with E-state index in [4.69, 9.17) is 10.6 Å². The van der Waals surface area contributed by atoms with Crippen LogP contribution in [0.1, 0.15) is 5.69 Å². The number of oxime groups is 1. The number of aromatic amines is 1. The Morgan fingerprint density at radius 3 is 2.73 bits per heavy atom. The number of β-lactam (4-membered cyclic amide) rings is 1. The molecule has 2 aromatic heterocycles. The number of rotatable bonds is 8. The standard InChI is InChI=1S/C18H18N8O7S3.ClH/c1-25-18(22-12(28)13(29)23-25)36-4-6-3-34-15-9(14(30)26(15)10(6)16(31)32)21-11(27)8(24-33-2)7-5-35-17(19)20-7;/h5,9,15H,3-4H2,1-2H3,(H2,19,20)(H,21,27)(H,23,29)(H,31,32);1H/b24-8-;/t9-,15-;/m1./s1. The minimum absolute atomic E-state index is 0. The van der Waals surface area contributed by atoms with E-state index < -0.39 is 40.3 Å². The predicted octanol–water partition coefficient (Wildman–Crippen LogP) is -1.19. The quantitative estimate of drug-likeness (QED) is 0.0938. The Kier molecular flexibility index (Phi) is 8.67. The smallest absolute Gasteiger partial charge is 0.352 e. The van der Waals surface area contributed by atoms with Gasteiger partial charge in [0.05, 0.1) is 0 Å². The zero-order chi connectivity index (χ0) is 26.1. The van der Waals surface area contributed by atoms with Gasteiger partial charge in [0, 0.05) is 23.9 Å². The van der Waals surface area contributed by atoms with Crippen LogP contribution in [0.15, 0.2) is 36.6 Å². The summed E-state index contributed by atoms with van der Waals surface area (Å²) in [6.45, 7) is 0. The normalized spacial score (nSPS) is 19.0. The molecule has 2 aliphatic rings. The number of aromatic nitrogens is 4. The van der Waals surface area contributed by atoms with E-state index in [-0.39, 0.29) is 51.3 Å². The number of H-pyrrole nitrogens is 1. The summed E-state index contributed by atoms with van der Waals surface area (Å²) in [5.41, 5.74) is 4.00. The van der Waals surface area contributed by atoms with Crippen LogP contribution in [0.25, 0.3) is 0 Å². The van der Waals surface area contributed by atoms with Gasteiger partial charge in [-0.2, -0.15) is 4.98 Å². The molecule has 0 saturated carbocycles. The number of aliphatic carboxylic acids is 1. The summed E-state index contributed by atoms with van der Waals surface area (Å²) in [5, 5.41) is 19.6. The highest BCUT2D eigenvalue weighted by Gasteiger charge is 2.54. The first-order valence-corrected chi connectivity index (χ1v) is 12.9. The topological polar surface area (TPSA) is 215 Å². The summed E-state index contributed by atoms with van der Waals surface area (Å²) >= 11 is 3.41. The van der Waals surface area contributed by atoms with Gasteiger partial charge in [0.2, 0.25) is 0 Å². The van der Waals surface area contributed by atoms with Gasteiger partial charge >= 0.3 is 17.1 Å². The lowest BCUT2D eigenvalue weighted by atomic mass is 10.0. The number of nitrogens with two attached hydrogens (primary N) is 1. The molecular formula is C18H19ClN8O7S3. The van der Waals surface area contributed by atoms with E-state index in [0.717, 1.165) is 28.0 Å². The van der Waals surface area contributed by atoms with Crippen molar-refractivity contribution in [3.8, 4) is 0 Å². The van der Waals surface area contributed by atoms with Crippen LogP contribution >= 0.6 is 47.3 Å². The van der Waals surface area contributed by atoms with Gasteiger partial charge in [-0.05, 0) is 5.57 Å². The van der Waals surface area contributed by atoms with E-state index >= 15 is 0 Å². The Labute approximate surface area is 225 Å². The Bertz CT molecular complexity index is 1430. The Balaban J connectivity index is 0.00000380. The molecule has 5 N–H and O–H groups in total. The van der Waals surface area contributed by atoms with Crippen molar-refractivity contribution in [2.45, 2.75) is 16.6 Å². The van der Waals surface area contributed by atoms with E-state index in [1.807, 2.05) is 0 Å². The molecule has 0 spiro atoms. The zero-order valence-electron chi connectivity index (χ0n) is 19.0. The first kappa shape index (κ1) is 28.2. The third-order valence-electron chi connectivity index (χ3n) is 5.02. The first-order valence-electron chi connectivity index (χ1n) is 9.96. The van der Waals surface area contributed by atoms with Gasteiger partial charge in [0.1, 0.15) is 29.9 Å². The Morgan fingerprint density at radius 2 is 2.11 bits per heavy atom. The van der Waals surface area contributed by atoms with Crippen molar-refractivity contribution in [3.05, 3.63) is 43.1 Å².